The largest absolute Gasteiger partial charge is 0.350 e. The molecule has 2 aromatic carbocycles. The average molecular weight is 493 g/mol. The average Bonchev–Trinajstić information content (AvgIpc) is 3.41. The van der Waals surface area contributed by atoms with E-state index in [1.165, 1.54) is 18.3 Å². The first-order valence-corrected chi connectivity index (χ1v) is 11.9. The van der Waals surface area contributed by atoms with Gasteiger partial charge in [-0.1, -0.05) is 54.1 Å². The number of H-pyrrole nitrogens is 1. The smallest absolute Gasteiger partial charge is 0.246 e. The Labute approximate surface area is 206 Å². The number of thiazole rings is 1. The molecule has 0 saturated heterocycles. The lowest BCUT2D eigenvalue weighted by Gasteiger charge is -2.13. The zero-order chi connectivity index (χ0) is 24.2. The minimum atomic E-state index is -0.244. The molecule has 0 bridgehead atoms. The van der Waals surface area contributed by atoms with Crippen LogP contribution in [0.25, 0.3) is 22.6 Å². The molecule has 8 nitrogen and oxygen atoms in total. The molecule has 1 atom stereocenters. The van der Waals surface area contributed by atoms with Crippen LogP contribution in [0.1, 0.15) is 31.0 Å². The van der Waals surface area contributed by atoms with E-state index in [4.69, 9.17) is 12.2 Å². The minimum Gasteiger partial charge on any atom is -0.350 e. The second-order valence-electron chi connectivity index (χ2n) is 7.93. The molecule has 0 spiro atoms. The number of anilines is 1. The Hall–Kier alpha value is -3.63. The Morgan fingerprint density at radius 2 is 1.79 bits per heavy atom. The van der Waals surface area contributed by atoms with E-state index in [1.54, 1.807) is 4.57 Å². The first kappa shape index (κ1) is 23.5. The number of benzene rings is 2. The van der Waals surface area contributed by atoms with Gasteiger partial charge in [0.05, 0.1) is 11.7 Å². The maximum Gasteiger partial charge on any atom is 0.246 e. The third kappa shape index (κ3) is 5.46. The normalized spacial score (nSPS) is 11.7. The van der Waals surface area contributed by atoms with Crippen LogP contribution in [0.3, 0.4) is 0 Å². The number of nitrogens with zero attached hydrogens (tertiary/aromatic N) is 3. The lowest BCUT2D eigenvalue weighted by atomic mass is 10.1. The summed E-state index contributed by atoms with van der Waals surface area (Å²) in [4.78, 5) is 28.5. The number of aromatic nitrogens is 4. The Morgan fingerprint density at radius 3 is 2.47 bits per heavy atom. The molecule has 1 unspecified atom stereocenters. The fourth-order valence-electron chi connectivity index (χ4n) is 3.48. The van der Waals surface area contributed by atoms with Crippen molar-refractivity contribution in [2.45, 2.75) is 33.4 Å². The van der Waals surface area contributed by atoms with Crippen LogP contribution in [0.15, 0.2) is 53.9 Å². The number of carbonyl (C=O) groups excluding carboxylic acids is 2. The highest BCUT2D eigenvalue weighted by atomic mass is 32.1. The number of aryl methyl sites for hydroxylation is 1. The molecule has 0 fully saturated rings. The third-order valence-electron chi connectivity index (χ3n) is 5.25. The second kappa shape index (κ2) is 10.1. The molecule has 0 aliphatic carbocycles. The predicted molar refractivity (Wildman–Crippen MR) is 136 cm³/mol. The summed E-state index contributed by atoms with van der Waals surface area (Å²) < 4.78 is 2.04. The Bertz CT molecular complexity index is 1370. The molecule has 10 heteroatoms. The summed E-state index contributed by atoms with van der Waals surface area (Å²) in [5.41, 5.74) is 4.70. The van der Waals surface area contributed by atoms with Gasteiger partial charge in [-0.15, -0.1) is 11.3 Å². The summed E-state index contributed by atoms with van der Waals surface area (Å²) in [5, 5.41) is 15.2. The van der Waals surface area contributed by atoms with Crippen LogP contribution in [0.5, 0.6) is 0 Å². The summed E-state index contributed by atoms with van der Waals surface area (Å²) in [6.07, 6.45) is 0. The first-order chi connectivity index (χ1) is 16.3. The van der Waals surface area contributed by atoms with Gasteiger partial charge >= 0.3 is 0 Å². The molecule has 4 rings (SSSR count). The van der Waals surface area contributed by atoms with Gasteiger partial charge in [-0.05, 0) is 31.6 Å². The van der Waals surface area contributed by atoms with Crippen molar-refractivity contribution in [3.05, 3.63) is 69.8 Å². The number of hydrogen-bond acceptors (Lipinski definition) is 6. The fraction of sp³-hybridized carbons (Fsp3) is 0.208. The van der Waals surface area contributed by atoms with Crippen molar-refractivity contribution in [1.82, 2.24) is 25.1 Å². The van der Waals surface area contributed by atoms with E-state index in [2.05, 4.69) is 25.8 Å². The molecule has 4 aromatic rings. The topological polar surface area (TPSA) is 105 Å². The molecule has 0 aliphatic heterocycles. The summed E-state index contributed by atoms with van der Waals surface area (Å²) in [7, 11) is 0. The van der Waals surface area contributed by atoms with E-state index in [9.17, 15) is 9.59 Å². The molecule has 0 saturated carbocycles. The summed E-state index contributed by atoms with van der Waals surface area (Å²) >= 11 is 6.68. The number of rotatable bonds is 7. The van der Waals surface area contributed by atoms with Crippen LogP contribution < -0.4 is 10.6 Å². The van der Waals surface area contributed by atoms with E-state index in [1.807, 2.05) is 67.8 Å². The van der Waals surface area contributed by atoms with Crippen LogP contribution in [-0.2, 0) is 16.1 Å². The molecule has 0 radical (unpaired) electrons. The van der Waals surface area contributed by atoms with Gasteiger partial charge in [0.1, 0.15) is 6.54 Å². The van der Waals surface area contributed by atoms with Gasteiger partial charge in [0.2, 0.25) is 11.8 Å². The standard InChI is InChI=1S/C24H24N6O2S2/c1-14-4-6-19(7-5-14)22-28-29-24(33)30(22)12-21(32)27-23-26-20(13-34-23)18-10-8-17(9-11-18)15(2)25-16(3)31/h4-11,13,15H,12H2,1-3H3,(H,25,31)(H,29,33)(H,26,27,32). The van der Waals surface area contributed by atoms with Crippen molar-refractivity contribution in [3.8, 4) is 22.6 Å². The van der Waals surface area contributed by atoms with Crippen LogP contribution in [-0.4, -0.2) is 31.6 Å². The molecule has 0 aliphatic rings. The fourth-order valence-corrected chi connectivity index (χ4v) is 4.42. The SMILES string of the molecule is CC(=O)NC(C)c1ccc(-c2csc(NC(=O)Cn3c(-c4ccc(C)cc4)n[nH]c3=S)n2)cc1. The minimum absolute atomic E-state index is 0.0171. The van der Waals surface area contributed by atoms with Crippen molar-refractivity contribution in [2.24, 2.45) is 0 Å². The number of carbonyl (C=O) groups is 2. The molecule has 2 heterocycles. The van der Waals surface area contributed by atoms with Crippen molar-refractivity contribution in [3.63, 3.8) is 0 Å². The third-order valence-corrected chi connectivity index (χ3v) is 6.32. The van der Waals surface area contributed by atoms with Crippen molar-refractivity contribution in [2.75, 3.05) is 5.32 Å². The first-order valence-electron chi connectivity index (χ1n) is 10.6. The predicted octanol–water partition coefficient (Wildman–Crippen LogP) is 4.88. The highest BCUT2D eigenvalue weighted by Gasteiger charge is 2.14. The Kier molecular flexibility index (Phi) is 6.99. The molecule has 174 valence electrons. The van der Waals surface area contributed by atoms with E-state index in [0.717, 1.165) is 27.9 Å². The van der Waals surface area contributed by atoms with E-state index < -0.39 is 0 Å². The highest BCUT2D eigenvalue weighted by molar-refractivity contribution is 7.71. The number of hydrogen-bond donors (Lipinski definition) is 3. The van der Waals surface area contributed by atoms with Crippen LogP contribution >= 0.6 is 23.6 Å². The summed E-state index contributed by atoms with van der Waals surface area (Å²) in [5.74, 6) is 0.291. The van der Waals surface area contributed by atoms with E-state index in [0.29, 0.717) is 15.7 Å². The van der Waals surface area contributed by atoms with Crippen molar-refractivity contribution in [1.29, 1.82) is 0 Å². The van der Waals surface area contributed by atoms with Gasteiger partial charge in [0.25, 0.3) is 0 Å². The van der Waals surface area contributed by atoms with Gasteiger partial charge in [-0.3, -0.25) is 19.3 Å². The van der Waals surface area contributed by atoms with E-state index in [-0.39, 0.29) is 24.4 Å². The van der Waals surface area contributed by atoms with Gasteiger partial charge in [0, 0.05) is 23.4 Å². The van der Waals surface area contributed by atoms with Crippen molar-refractivity contribution < 1.29 is 9.59 Å². The molecular formula is C24H24N6O2S2. The lowest BCUT2D eigenvalue weighted by molar-refractivity contribution is -0.119. The van der Waals surface area contributed by atoms with Gasteiger partial charge in [0.15, 0.2) is 15.7 Å². The molecule has 2 amide bonds. The molecule has 3 N–H and O–H groups in total. The van der Waals surface area contributed by atoms with Gasteiger partial charge < -0.3 is 10.6 Å². The zero-order valence-corrected chi connectivity index (χ0v) is 20.6. The monoisotopic (exact) mass is 492 g/mol. The lowest BCUT2D eigenvalue weighted by Crippen LogP contribution is -2.23. The molecule has 2 aromatic heterocycles. The number of amides is 2. The molecule has 34 heavy (non-hydrogen) atoms. The van der Waals surface area contributed by atoms with Gasteiger partial charge in [-0.25, -0.2) is 4.98 Å². The van der Waals surface area contributed by atoms with Crippen LogP contribution in [0.4, 0.5) is 5.13 Å². The highest BCUT2D eigenvalue weighted by Crippen LogP contribution is 2.26. The maximum atomic E-state index is 12.7. The maximum absolute atomic E-state index is 12.7. The van der Waals surface area contributed by atoms with Gasteiger partial charge in [-0.2, -0.15) is 5.10 Å². The van der Waals surface area contributed by atoms with E-state index >= 15 is 0 Å². The quantitative estimate of drug-likeness (QED) is 0.319. The summed E-state index contributed by atoms with van der Waals surface area (Å²) in [6, 6.07) is 15.6. The molecular weight excluding hydrogens is 468 g/mol. The van der Waals surface area contributed by atoms with Crippen molar-refractivity contribution >= 4 is 40.5 Å². The zero-order valence-electron chi connectivity index (χ0n) is 19.0. The van der Waals surface area contributed by atoms with Crippen LogP contribution in [0.2, 0.25) is 0 Å². The number of nitrogens with one attached hydrogen (secondary N) is 3. The Balaban J connectivity index is 1.44. The Morgan fingerprint density at radius 1 is 1.12 bits per heavy atom. The number of aromatic amines is 1. The summed E-state index contributed by atoms with van der Waals surface area (Å²) in [6.45, 7) is 5.46. The van der Waals surface area contributed by atoms with Crippen LogP contribution in [0, 0.1) is 11.7 Å². The second-order valence-corrected chi connectivity index (χ2v) is 9.18.